The minimum atomic E-state index is 0.238. The number of aliphatic imine (C=N–C) groups is 1. The van der Waals surface area contributed by atoms with E-state index in [-0.39, 0.29) is 6.04 Å². The molecule has 1 aliphatic heterocycles. The zero-order chi connectivity index (χ0) is 21.2. The lowest BCUT2D eigenvalue weighted by molar-refractivity contribution is 0.283. The van der Waals surface area contributed by atoms with Gasteiger partial charge in [-0.25, -0.2) is 4.99 Å². The molecule has 156 valence electrons. The molecule has 3 aromatic carbocycles. The third-order valence-corrected chi connectivity index (χ3v) is 6.02. The van der Waals surface area contributed by atoms with Gasteiger partial charge in [0.25, 0.3) is 0 Å². The molecule has 0 bridgehead atoms. The first kappa shape index (κ1) is 19.6. The van der Waals surface area contributed by atoms with Crippen molar-refractivity contribution in [3.63, 3.8) is 0 Å². The van der Waals surface area contributed by atoms with Gasteiger partial charge in [0.1, 0.15) is 11.4 Å². The number of nitrogens with one attached hydrogen (secondary N) is 1. The SMILES string of the molecule is CCN(CC)C1C=CC2=Nc3c(cc(NCc4ccccc4)c4ccccc34)OC2=C1. The number of anilines is 1. The summed E-state index contributed by atoms with van der Waals surface area (Å²) in [4.78, 5) is 7.39. The Morgan fingerprint density at radius 1 is 0.968 bits per heavy atom. The second-order valence-electron chi connectivity index (χ2n) is 7.86. The highest BCUT2D eigenvalue weighted by atomic mass is 16.5. The second-order valence-corrected chi connectivity index (χ2v) is 7.86. The third-order valence-electron chi connectivity index (χ3n) is 6.02. The minimum Gasteiger partial charge on any atom is -0.453 e. The van der Waals surface area contributed by atoms with E-state index in [4.69, 9.17) is 9.73 Å². The normalized spacial score (nSPS) is 16.9. The van der Waals surface area contributed by atoms with Crippen LogP contribution < -0.4 is 10.1 Å². The monoisotopic (exact) mass is 409 g/mol. The fourth-order valence-corrected chi connectivity index (χ4v) is 4.32. The molecule has 0 radical (unpaired) electrons. The summed E-state index contributed by atoms with van der Waals surface area (Å²) in [6, 6.07) is 21.2. The molecule has 1 heterocycles. The third kappa shape index (κ3) is 3.75. The van der Waals surface area contributed by atoms with Crippen LogP contribution in [0, 0.1) is 0 Å². The van der Waals surface area contributed by atoms with Crippen molar-refractivity contribution in [1.29, 1.82) is 0 Å². The molecule has 2 aliphatic rings. The molecule has 0 spiro atoms. The van der Waals surface area contributed by atoms with Crippen molar-refractivity contribution in [3.8, 4) is 5.75 Å². The fraction of sp³-hybridized carbons (Fsp3) is 0.222. The molecule has 4 nitrogen and oxygen atoms in total. The lowest BCUT2D eigenvalue weighted by Gasteiger charge is -2.29. The van der Waals surface area contributed by atoms with Crippen LogP contribution in [0.4, 0.5) is 11.4 Å². The number of ether oxygens (including phenoxy) is 1. The molecular formula is C27H27N3O. The Hall–Kier alpha value is -3.37. The van der Waals surface area contributed by atoms with Crippen LogP contribution in [0.1, 0.15) is 19.4 Å². The van der Waals surface area contributed by atoms with Crippen molar-refractivity contribution in [2.45, 2.75) is 26.4 Å². The van der Waals surface area contributed by atoms with Crippen molar-refractivity contribution in [2.24, 2.45) is 4.99 Å². The van der Waals surface area contributed by atoms with E-state index < -0.39 is 0 Å². The van der Waals surface area contributed by atoms with E-state index in [2.05, 4.69) is 96.9 Å². The molecule has 1 aliphatic carbocycles. The van der Waals surface area contributed by atoms with Crippen molar-refractivity contribution in [3.05, 3.63) is 90.2 Å². The predicted molar refractivity (Wildman–Crippen MR) is 129 cm³/mol. The van der Waals surface area contributed by atoms with Crippen LogP contribution in [0.25, 0.3) is 10.8 Å². The number of hydrogen-bond acceptors (Lipinski definition) is 4. The van der Waals surface area contributed by atoms with Crippen LogP contribution in [-0.2, 0) is 6.54 Å². The van der Waals surface area contributed by atoms with E-state index in [1.807, 2.05) is 6.07 Å². The van der Waals surface area contributed by atoms with Gasteiger partial charge in [-0.2, -0.15) is 0 Å². The quantitative estimate of drug-likeness (QED) is 0.536. The zero-order valence-corrected chi connectivity index (χ0v) is 18.0. The summed E-state index contributed by atoms with van der Waals surface area (Å²) in [5, 5.41) is 5.85. The number of hydrogen-bond donors (Lipinski definition) is 1. The Morgan fingerprint density at radius 3 is 2.48 bits per heavy atom. The summed E-state index contributed by atoms with van der Waals surface area (Å²) in [7, 11) is 0. The second kappa shape index (κ2) is 8.40. The molecule has 3 aromatic rings. The highest BCUT2D eigenvalue weighted by Crippen LogP contribution is 2.44. The smallest absolute Gasteiger partial charge is 0.155 e. The number of benzene rings is 3. The number of likely N-dealkylation sites (N-methyl/N-ethyl adjacent to an activating group) is 1. The van der Waals surface area contributed by atoms with E-state index in [0.29, 0.717) is 0 Å². The van der Waals surface area contributed by atoms with E-state index in [1.165, 1.54) is 5.56 Å². The van der Waals surface area contributed by atoms with Gasteiger partial charge >= 0.3 is 0 Å². The summed E-state index contributed by atoms with van der Waals surface area (Å²) in [5.41, 5.74) is 4.10. The van der Waals surface area contributed by atoms with E-state index in [9.17, 15) is 0 Å². The zero-order valence-electron chi connectivity index (χ0n) is 18.0. The lowest BCUT2D eigenvalue weighted by Crippen LogP contribution is -2.35. The molecule has 0 amide bonds. The van der Waals surface area contributed by atoms with E-state index in [1.54, 1.807) is 0 Å². The maximum Gasteiger partial charge on any atom is 0.155 e. The average Bonchev–Trinajstić information content (AvgIpc) is 2.83. The van der Waals surface area contributed by atoms with E-state index >= 15 is 0 Å². The Labute approximate surface area is 183 Å². The number of fused-ring (bicyclic) bond motifs is 4. The van der Waals surface area contributed by atoms with Gasteiger partial charge in [0.2, 0.25) is 0 Å². The molecule has 1 N–H and O–H groups in total. The first-order chi connectivity index (χ1) is 15.3. The van der Waals surface area contributed by atoms with Gasteiger partial charge in [-0.15, -0.1) is 0 Å². The maximum atomic E-state index is 6.42. The van der Waals surface area contributed by atoms with Gasteiger partial charge < -0.3 is 10.1 Å². The Bertz CT molecular complexity index is 1190. The van der Waals surface area contributed by atoms with Crippen molar-refractivity contribution in [1.82, 2.24) is 4.90 Å². The summed E-state index contributed by atoms with van der Waals surface area (Å²) < 4.78 is 6.42. The van der Waals surface area contributed by atoms with Gasteiger partial charge in [0.15, 0.2) is 11.5 Å². The average molecular weight is 410 g/mol. The van der Waals surface area contributed by atoms with Gasteiger partial charge in [0.05, 0.1) is 6.04 Å². The number of rotatable bonds is 6. The molecule has 5 rings (SSSR count). The molecule has 31 heavy (non-hydrogen) atoms. The van der Waals surface area contributed by atoms with Crippen LogP contribution >= 0.6 is 0 Å². The summed E-state index contributed by atoms with van der Waals surface area (Å²) in [6.07, 6.45) is 6.49. The van der Waals surface area contributed by atoms with Crippen LogP contribution in [0.15, 0.2) is 89.6 Å². The van der Waals surface area contributed by atoms with Crippen molar-refractivity contribution >= 4 is 27.9 Å². The first-order valence-corrected chi connectivity index (χ1v) is 11.0. The van der Waals surface area contributed by atoms with Gasteiger partial charge in [0, 0.05) is 29.1 Å². The maximum absolute atomic E-state index is 6.42. The lowest BCUT2D eigenvalue weighted by atomic mass is 10.0. The highest BCUT2D eigenvalue weighted by molar-refractivity contribution is 6.14. The van der Waals surface area contributed by atoms with Gasteiger partial charge in [-0.05, 0) is 30.8 Å². The molecule has 0 aromatic heterocycles. The Balaban J connectivity index is 1.53. The van der Waals surface area contributed by atoms with Crippen LogP contribution in [0.5, 0.6) is 5.75 Å². The predicted octanol–water partition coefficient (Wildman–Crippen LogP) is 6.08. The number of allylic oxidation sites excluding steroid dienone is 1. The van der Waals surface area contributed by atoms with Crippen LogP contribution in [-0.4, -0.2) is 29.7 Å². The summed E-state index contributed by atoms with van der Waals surface area (Å²) in [6.45, 7) is 7.13. The van der Waals surface area contributed by atoms with Crippen LogP contribution in [0.3, 0.4) is 0 Å². The molecule has 1 unspecified atom stereocenters. The summed E-state index contributed by atoms with van der Waals surface area (Å²) in [5.74, 6) is 1.65. The minimum absolute atomic E-state index is 0.238. The van der Waals surface area contributed by atoms with Crippen molar-refractivity contribution < 1.29 is 4.74 Å². The van der Waals surface area contributed by atoms with Gasteiger partial charge in [-0.3, -0.25) is 4.90 Å². The fourth-order valence-electron chi connectivity index (χ4n) is 4.32. The topological polar surface area (TPSA) is 36.9 Å². The first-order valence-electron chi connectivity index (χ1n) is 11.0. The van der Waals surface area contributed by atoms with Gasteiger partial charge in [-0.1, -0.05) is 74.5 Å². The molecule has 1 atom stereocenters. The Kier molecular flexibility index (Phi) is 5.31. The number of nitrogens with zero attached hydrogens (tertiary/aromatic N) is 2. The molecule has 4 heteroatoms. The molecule has 0 fully saturated rings. The molecular weight excluding hydrogens is 382 g/mol. The molecule has 0 saturated carbocycles. The summed E-state index contributed by atoms with van der Waals surface area (Å²) >= 11 is 0. The largest absolute Gasteiger partial charge is 0.453 e. The van der Waals surface area contributed by atoms with E-state index in [0.717, 1.165) is 59.0 Å². The van der Waals surface area contributed by atoms with Crippen molar-refractivity contribution in [2.75, 3.05) is 18.4 Å². The molecule has 0 saturated heterocycles. The Morgan fingerprint density at radius 2 is 1.71 bits per heavy atom. The standard InChI is InChI=1S/C27H27N3O/c1-3-30(4-2)20-14-15-23-25(16-20)31-26-17-24(28-18-19-10-6-5-7-11-19)21-12-8-9-13-22(21)27(26)29-23/h5-17,20,28H,3-4,18H2,1-2H3. The highest BCUT2D eigenvalue weighted by Gasteiger charge is 2.25. The van der Waals surface area contributed by atoms with Crippen LogP contribution in [0.2, 0.25) is 0 Å².